The lowest BCUT2D eigenvalue weighted by molar-refractivity contribution is 0.413. The van der Waals surface area contributed by atoms with E-state index < -0.39 is 0 Å². The van der Waals surface area contributed by atoms with Crippen LogP contribution in [0, 0.1) is 0 Å². The fraction of sp³-hybridized carbons (Fsp3) is 0.375. The van der Waals surface area contributed by atoms with Crippen LogP contribution in [-0.4, -0.2) is 6.04 Å². The molecule has 0 fully saturated rings. The highest BCUT2D eigenvalue weighted by atomic mass is 32.1. The molecule has 1 aliphatic carbocycles. The monoisotopic (exact) mass is 272 g/mol. The Kier molecular flexibility index (Phi) is 3.97. The molecule has 0 aliphatic heterocycles. The first-order valence-electron chi connectivity index (χ1n) is 6.95. The zero-order chi connectivity index (χ0) is 13.1. The van der Waals surface area contributed by atoms with Crippen molar-refractivity contribution in [3.05, 3.63) is 57.8 Å². The van der Waals surface area contributed by atoms with Crippen molar-refractivity contribution in [3.63, 3.8) is 0 Å². The van der Waals surface area contributed by atoms with Crippen molar-refractivity contribution in [2.75, 3.05) is 0 Å². The van der Waals surface area contributed by atoms with E-state index >= 15 is 0 Å². The van der Waals surface area contributed by atoms with Crippen LogP contribution in [0.2, 0.25) is 0 Å². The molecule has 1 aromatic carbocycles. The van der Waals surface area contributed by atoms with Gasteiger partial charge in [-0.3, -0.25) is 11.3 Å². The van der Waals surface area contributed by atoms with Gasteiger partial charge in [0.2, 0.25) is 0 Å². The molecule has 3 heteroatoms. The predicted molar refractivity (Wildman–Crippen MR) is 81.3 cm³/mol. The summed E-state index contributed by atoms with van der Waals surface area (Å²) in [6, 6.07) is 13.5. The number of hydrogen-bond acceptors (Lipinski definition) is 3. The number of nitrogens with two attached hydrogens (primary N) is 1. The second kappa shape index (κ2) is 5.87. The highest BCUT2D eigenvalue weighted by molar-refractivity contribution is 7.09. The Morgan fingerprint density at radius 2 is 2.16 bits per heavy atom. The van der Waals surface area contributed by atoms with Crippen molar-refractivity contribution >= 4 is 11.3 Å². The zero-order valence-electron chi connectivity index (χ0n) is 11.0. The third kappa shape index (κ3) is 2.73. The summed E-state index contributed by atoms with van der Waals surface area (Å²) in [7, 11) is 0. The van der Waals surface area contributed by atoms with Crippen LogP contribution in [0.1, 0.15) is 34.8 Å². The van der Waals surface area contributed by atoms with E-state index in [1.54, 1.807) is 0 Å². The standard InChI is InChI=1S/C16H20N2S/c17-18-16(10-8-13-5-3-11-19-13)15-9-7-12-4-1-2-6-14(12)15/h1-6,11,15-16,18H,7-10,17H2. The number of fused-ring (bicyclic) bond motifs is 1. The van der Waals surface area contributed by atoms with E-state index in [2.05, 4.69) is 47.2 Å². The molecule has 0 amide bonds. The van der Waals surface area contributed by atoms with Gasteiger partial charge in [0.1, 0.15) is 0 Å². The highest BCUT2D eigenvalue weighted by Gasteiger charge is 2.28. The second-order valence-corrected chi connectivity index (χ2v) is 6.27. The third-order valence-electron chi connectivity index (χ3n) is 4.16. The van der Waals surface area contributed by atoms with Gasteiger partial charge >= 0.3 is 0 Å². The van der Waals surface area contributed by atoms with Crippen LogP contribution >= 0.6 is 11.3 Å². The lowest BCUT2D eigenvalue weighted by Crippen LogP contribution is -2.39. The van der Waals surface area contributed by atoms with E-state index in [0.717, 1.165) is 12.8 Å². The first-order valence-corrected chi connectivity index (χ1v) is 7.83. The number of hydrazine groups is 1. The smallest absolute Gasteiger partial charge is 0.0282 e. The predicted octanol–water partition coefficient (Wildman–Crippen LogP) is 3.24. The summed E-state index contributed by atoms with van der Waals surface area (Å²) in [5, 5.41) is 2.14. The van der Waals surface area contributed by atoms with Gasteiger partial charge in [0.25, 0.3) is 0 Å². The molecular weight excluding hydrogens is 252 g/mol. The molecular formula is C16H20N2S. The summed E-state index contributed by atoms with van der Waals surface area (Å²) in [6.07, 6.45) is 4.64. The van der Waals surface area contributed by atoms with Crippen molar-refractivity contribution in [1.29, 1.82) is 0 Å². The minimum Gasteiger partial charge on any atom is -0.271 e. The lowest BCUT2D eigenvalue weighted by Gasteiger charge is -2.23. The van der Waals surface area contributed by atoms with Gasteiger partial charge in [-0.25, -0.2) is 0 Å². The van der Waals surface area contributed by atoms with Crippen molar-refractivity contribution in [1.82, 2.24) is 5.43 Å². The van der Waals surface area contributed by atoms with Gasteiger partial charge < -0.3 is 0 Å². The molecule has 2 nitrogen and oxygen atoms in total. The Bertz CT molecular complexity index is 521. The molecule has 1 aromatic heterocycles. The van der Waals surface area contributed by atoms with E-state index in [0.29, 0.717) is 12.0 Å². The fourth-order valence-electron chi connectivity index (χ4n) is 3.16. The first kappa shape index (κ1) is 12.9. The van der Waals surface area contributed by atoms with E-state index in [4.69, 9.17) is 5.84 Å². The average Bonchev–Trinajstić information content (AvgIpc) is 3.09. The summed E-state index contributed by atoms with van der Waals surface area (Å²) >= 11 is 1.83. The molecule has 1 heterocycles. The van der Waals surface area contributed by atoms with Gasteiger partial charge in [-0.1, -0.05) is 30.3 Å². The Morgan fingerprint density at radius 3 is 2.95 bits per heavy atom. The van der Waals surface area contributed by atoms with Crippen LogP contribution in [0.5, 0.6) is 0 Å². The first-order chi connectivity index (χ1) is 9.38. The van der Waals surface area contributed by atoms with Crippen LogP contribution in [0.15, 0.2) is 41.8 Å². The van der Waals surface area contributed by atoms with E-state index in [1.807, 2.05) is 11.3 Å². The van der Waals surface area contributed by atoms with Crippen LogP contribution in [0.3, 0.4) is 0 Å². The summed E-state index contributed by atoms with van der Waals surface area (Å²) in [5.41, 5.74) is 6.05. The van der Waals surface area contributed by atoms with Crippen LogP contribution in [0.4, 0.5) is 0 Å². The minimum absolute atomic E-state index is 0.380. The third-order valence-corrected chi connectivity index (χ3v) is 5.10. The van der Waals surface area contributed by atoms with Crippen molar-refractivity contribution < 1.29 is 0 Å². The molecule has 1 aliphatic rings. The van der Waals surface area contributed by atoms with Gasteiger partial charge in [-0.2, -0.15) is 0 Å². The molecule has 0 spiro atoms. The molecule has 0 radical (unpaired) electrons. The summed E-state index contributed by atoms with van der Waals surface area (Å²) in [6.45, 7) is 0. The second-order valence-electron chi connectivity index (χ2n) is 5.24. The van der Waals surface area contributed by atoms with E-state index in [1.165, 1.54) is 28.8 Å². The number of nitrogens with one attached hydrogen (secondary N) is 1. The normalized spacial score (nSPS) is 19.3. The molecule has 3 N–H and O–H groups in total. The summed E-state index contributed by atoms with van der Waals surface area (Å²) < 4.78 is 0. The van der Waals surface area contributed by atoms with Gasteiger partial charge in [0.05, 0.1) is 0 Å². The Labute approximate surface area is 118 Å². The van der Waals surface area contributed by atoms with Gasteiger partial charge in [0.15, 0.2) is 0 Å². The van der Waals surface area contributed by atoms with E-state index in [9.17, 15) is 0 Å². The number of thiophene rings is 1. The molecule has 0 saturated heterocycles. The molecule has 100 valence electrons. The molecule has 3 rings (SSSR count). The maximum atomic E-state index is 5.80. The number of aryl methyl sites for hydroxylation is 2. The van der Waals surface area contributed by atoms with Gasteiger partial charge in [-0.15, -0.1) is 11.3 Å². The molecule has 0 bridgehead atoms. The minimum atomic E-state index is 0.380. The quantitative estimate of drug-likeness (QED) is 0.648. The lowest BCUT2D eigenvalue weighted by atomic mass is 9.90. The van der Waals surface area contributed by atoms with Crippen LogP contribution in [0.25, 0.3) is 0 Å². The summed E-state index contributed by atoms with van der Waals surface area (Å²) in [5.74, 6) is 6.37. The Hall–Kier alpha value is -1.16. The number of rotatable bonds is 5. The Morgan fingerprint density at radius 1 is 1.26 bits per heavy atom. The van der Waals surface area contributed by atoms with Crippen molar-refractivity contribution in [3.8, 4) is 0 Å². The van der Waals surface area contributed by atoms with Crippen LogP contribution < -0.4 is 11.3 Å². The average molecular weight is 272 g/mol. The maximum Gasteiger partial charge on any atom is 0.0282 e. The largest absolute Gasteiger partial charge is 0.271 e. The Balaban J connectivity index is 1.69. The zero-order valence-corrected chi connectivity index (χ0v) is 11.8. The van der Waals surface area contributed by atoms with Crippen LogP contribution in [-0.2, 0) is 12.8 Å². The van der Waals surface area contributed by atoms with Crippen molar-refractivity contribution in [2.45, 2.75) is 37.6 Å². The number of benzene rings is 1. The topological polar surface area (TPSA) is 38.0 Å². The summed E-state index contributed by atoms with van der Waals surface area (Å²) in [4.78, 5) is 1.45. The highest BCUT2D eigenvalue weighted by Crippen LogP contribution is 2.36. The van der Waals surface area contributed by atoms with Gasteiger partial charge in [0, 0.05) is 16.8 Å². The molecule has 2 aromatic rings. The maximum absolute atomic E-state index is 5.80. The fourth-order valence-corrected chi connectivity index (χ4v) is 3.89. The molecule has 0 saturated carbocycles. The molecule has 2 atom stereocenters. The molecule has 19 heavy (non-hydrogen) atoms. The number of hydrogen-bond donors (Lipinski definition) is 2. The van der Waals surface area contributed by atoms with E-state index in [-0.39, 0.29) is 0 Å². The SMILES string of the molecule is NNC(CCc1cccs1)C1CCc2ccccc21. The van der Waals surface area contributed by atoms with Gasteiger partial charge in [-0.05, 0) is 48.3 Å². The molecule has 2 unspecified atom stereocenters. The van der Waals surface area contributed by atoms with Crippen molar-refractivity contribution in [2.24, 2.45) is 5.84 Å².